The van der Waals surface area contributed by atoms with Gasteiger partial charge in [0.05, 0.1) is 5.92 Å². The van der Waals surface area contributed by atoms with Gasteiger partial charge in [0.25, 0.3) is 0 Å². The van der Waals surface area contributed by atoms with Crippen molar-refractivity contribution in [1.29, 1.82) is 0 Å². The van der Waals surface area contributed by atoms with Crippen molar-refractivity contribution in [3.05, 3.63) is 0 Å². The number of carboxylic acids is 2. The monoisotopic (exact) mass is 232 g/mol. The summed E-state index contributed by atoms with van der Waals surface area (Å²) in [5, 5.41) is 17.6. The van der Waals surface area contributed by atoms with Crippen molar-refractivity contribution in [3.63, 3.8) is 0 Å². The van der Waals surface area contributed by atoms with Crippen LogP contribution in [0.5, 0.6) is 0 Å². The van der Waals surface area contributed by atoms with Gasteiger partial charge in [-0.25, -0.2) is 0 Å². The summed E-state index contributed by atoms with van der Waals surface area (Å²) in [6.45, 7) is 1.31. The van der Waals surface area contributed by atoms with Crippen LogP contribution in [0.3, 0.4) is 0 Å². The number of carbonyl (C=O) groups is 4. The maximum atomic E-state index is 11.1. The number of nitrogens with two attached hydrogens (primary N) is 2. The third kappa shape index (κ3) is 1.81. The van der Waals surface area contributed by atoms with E-state index in [1.807, 2.05) is 0 Å². The molecule has 0 aromatic carbocycles. The molecule has 0 spiro atoms. The summed E-state index contributed by atoms with van der Waals surface area (Å²) in [4.78, 5) is 43.9. The van der Waals surface area contributed by atoms with Gasteiger partial charge in [0.2, 0.25) is 17.2 Å². The summed E-state index contributed by atoms with van der Waals surface area (Å²) in [6.07, 6.45) is -0.270. The Morgan fingerprint density at radius 1 is 1.12 bits per heavy atom. The second-order valence-electron chi connectivity index (χ2n) is 3.14. The maximum absolute atomic E-state index is 11.1. The minimum Gasteiger partial charge on any atom is -0.481 e. The Morgan fingerprint density at radius 2 is 1.50 bits per heavy atom. The SMILES string of the molecule is CCC(C(=O)O)C(C(N)=O)(C(N)=O)C(=O)O. The Morgan fingerprint density at radius 3 is 1.56 bits per heavy atom. The van der Waals surface area contributed by atoms with Gasteiger partial charge in [0.1, 0.15) is 0 Å². The van der Waals surface area contributed by atoms with Crippen molar-refractivity contribution < 1.29 is 29.4 Å². The molecule has 0 aliphatic carbocycles. The van der Waals surface area contributed by atoms with Gasteiger partial charge in [-0.3, -0.25) is 19.2 Å². The first kappa shape index (κ1) is 13.9. The molecule has 0 heterocycles. The fourth-order valence-corrected chi connectivity index (χ4v) is 1.49. The van der Waals surface area contributed by atoms with E-state index in [9.17, 15) is 19.2 Å². The van der Waals surface area contributed by atoms with Crippen LogP contribution >= 0.6 is 0 Å². The van der Waals surface area contributed by atoms with E-state index in [1.54, 1.807) is 0 Å². The van der Waals surface area contributed by atoms with E-state index in [0.29, 0.717) is 0 Å². The average molecular weight is 232 g/mol. The van der Waals surface area contributed by atoms with Gasteiger partial charge in [-0.05, 0) is 6.42 Å². The van der Waals surface area contributed by atoms with Crippen LogP contribution < -0.4 is 11.5 Å². The van der Waals surface area contributed by atoms with Crippen molar-refractivity contribution in [2.24, 2.45) is 22.8 Å². The molecule has 0 saturated carbocycles. The van der Waals surface area contributed by atoms with E-state index in [2.05, 4.69) is 0 Å². The summed E-state index contributed by atoms with van der Waals surface area (Å²) in [5.41, 5.74) is 6.69. The molecule has 8 heteroatoms. The van der Waals surface area contributed by atoms with Crippen LogP contribution in [0.1, 0.15) is 13.3 Å². The Kier molecular flexibility index (Phi) is 3.99. The molecule has 0 aliphatic rings. The van der Waals surface area contributed by atoms with Gasteiger partial charge in [-0.2, -0.15) is 0 Å². The lowest BCUT2D eigenvalue weighted by molar-refractivity contribution is -0.171. The minimum atomic E-state index is -2.92. The van der Waals surface area contributed by atoms with Crippen LogP contribution in [0.4, 0.5) is 0 Å². The lowest BCUT2D eigenvalue weighted by Crippen LogP contribution is -2.59. The zero-order valence-electron chi connectivity index (χ0n) is 8.47. The highest BCUT2D eigenvalue weighted by Gasteiger charge is 2.59. The Labute approximate surface area is 90.2 Å². The largest absolute Gasteiger partial charge is 0.481 e. The molecule has 1 atom stereocenters. The predicted molar refractivity (Wildman–Crippen MR) is 49.9 cm³/mol. The van der Waals surface area contributed by atoms with Crippen molar-refractivity contribution in [3.8, 4) is 0 Å². The summed E-state index contributed by atoms with van der Waals surface area (Å²) in [6, 6.07) is 0. The first-order valence-electron chi connectivity index (χ1n) is 4.28. The van der Waals surface area contributed by atoms with Crippen LogP contribution in [-0.2, 0) is 19.2 Å². The normalized spacial score (nSPS) is 12.8. The number of hydrogen-bond donors (Lipinski definition) is 4. The molecular formula is C8H12N2O6. The highest BCUT2D eigenvalue weighted by Crippen LogP contribution is 2.31. The molecule has 16 heavy (non-hydrogen) atoms. The van der Waals surface area contributed by atoms with E-state index < -0.39 is 35.1 Å². The first-order chi connectivity index (χ1) is 7.22. The molecule has 90 valence electrons. The zero-order valence-corrected chi connectivity index (χ0v) is 8.47. The number of carbonyl (C=O) groups excluding carboxylic acids is 2. The Hall–Kier alpha value is -2.12. The van der Waals surface area contributed by atoms with Crippen molar-refractivity contribution in [1.82, 2.24) is 0 Å². The summed E-state index contributed by atoms with van der Waals surface area (Å²) in [5.74, 6) is -8.53. The number of amides is 2. The summed E-state index contributed by atoms with van der Waals surface area (Å²) in [7, 11) is 0. The lowest BCUT2D eigenvalue weighted by atomic mass is 9.72. The molecule has 0 bridgehead atoms. The van der Waals surface area contributed by atoms with Crippen molar-refractivity contribution in [2.75, 3.05) is 0 Å². The van der Waals surface area contributed by atoms with Gasteiger partial charge < -0.3 is 21.7 Å². The molecule has 0 radical (unpaired) electrons. The zero-order chi connectivity index (χ0) is 13.1. The molecule has 0 saturated heterocycles. The molecule has 2 amide bonds. The minimum absolute atomic E-state index is 0.270. The molecule has 0 fully saturated rings. The maximum Gasteiger partial charge on any atom is 0.329 e. The molecule has 1 unspecified atom stereocenters. The van der Waals surface area contributed by atoms with Crippen LogP contribution in [0.2, 0.25) is 0 Å². The third-order valence-corrected chi connectivity index (χ3v) is 2.34. The van der Waals surface area contributed by atoms with Gasteiger partial charge in [-0.1, -0.05) is 6.92 Å². The second kappa shape index (κ2) is 4.60. The summed E-state index contributed by atoms with van der Waals surface area (Å²) >= 11 is 0. The number of hydrogen-bond acceptors (Lipinski definition) is 4. The molecule has 0 aliphatic heterocycles. The summed E-state index contributed by atoms with van der Waals surface area (Å²) < 4.78 is 0. The number of rotatable bonds is 6. The highest BCUT2D eigenvalue weighted by molar-refractivity contribution is 6.22. The molecule has 6 N–H and O–H groups in total. The topological polar surface area (TPSA) is 161 Å². The van der Waals surface area contributed by atoms with Gasteiger partial charge in [0.15, 0.2) is 0 Å². The second-order valence-corrected chi connectivity index (χ2v) is 3.14. The molecule has 8 nitrogen and oxygen atoms in total. The van der Waals surface area contributed by atoms with Crippen molar-refractivity contribution in [2.45, 2.75) is 13.3 Å². The fourth-order valence-electron chi connectivity index (χ4n) is 1.49. The standard InChI is InChI=1S/C8H12N2O6/c1-2-3(4(11)12)8(5(9)13,6(10)14)7(15)16/h3H,2H2,1H3,(H2,9,13)(H2,10,14)(H,11,12)(H,15,16). The highest BCUT2D eigenvalue weighted by atomic mass is 16.4. The van der Waals surface area contributed by atoms with Crippen LogP contribution in [0.15, 0.2) is 0 Å². The van der Waals surface area contributed by atoms with Crippen LogP contribution in [0.25, 0.3) is 0 Å². The van der Waals surface area contributed by atoms with Gasteiger partial charge >= 0.3 is 11.9 Å². The Balaban J connectivity index is 5.88. The van der Waals surface area contributed by atoms with E-state index in [4.69, 9.17) is 21.7 Å². The van der Waals surface area contributed by atoms with E-state index in [0.717, 1.165) is 0 Å². The predicted octanol–water partition coefficient (Wildman–Crippen LogP) is -1.86. The quantitative estimate of drug-likeness (QED) is 0.392. The number of primary amides is 2. The van der Waals surface area contributed by atoms with E-state index in [-0.39, 0.29) is 6.42 Å². The van der Waals surface area contributed by atoms with Gasteiger partial charge in [0, 0.05) is 0 Å². The van der Waals surface area contributed by atoms with E-state index >= 15 is 0 Å². The molecular weight excluding hydrogens is 220 g/mol. The van der Waals surface area contributed by atoms with Crippen LogP contribution in [0, 0.1) is 11.3 Å². The fraction of sp³-hybridized carbons (Fsp3) is 0.500. The number of aliphatic carboxylic acids is 2. The smallest absolute Gasteiger partial charge is 0.329 e. The number of carboxylic acid groups (broad SMARTS) is 2. The first-order valence-corrected chi connectivity index (χ1v) is 4.28. The van der Waals surface area contributed by atoms with Crippen LogP contribution in [-0.4, -0.2) is 34.0 Å². The lowest BCUT2D eigenvalue weighted by Gasteiger charge is -2.27. The average Bonchev–Trinajstić information content (AvgIpc) is 2.10. The van der Waals surface area contributed by atoms with Gasteiger partial charge in [-0.15, -0.1) is 0 Å². The van der Waals surface area contributed by atoms with E-state index in [1.165, 1.54) is 6.92 Å². The molecule has 0 aromatic rings. The van der Waals surface area contributed by atoms with Crippen molar-refractivity contribution >= 4 is 23.8 Å². The molecule has 0 rings (SSSR count). The molecule has 0 aromatic heterocycles. The Bertz CT molecular complexity index is 314. The third-order valence-electron chi connectivity index (χ3n) is 2.34.